The molecule has 6 rings (SSSR count). The minimum Gasteiger partial charge on any atom is -0.343 e. The van der Waals surface area contributed by atoms with Gasteiger partial charge in [0.15, 0.2) is 0 Å². The van der Waals surface area contributed by atoms with Crippen LogP contribution in [0.4, 0.5) is 4.39 Å². The molecule has 2 saturated heterocycles. The molecule has 2 aliphatic heterocycles. The van der Waals surface area contributed by atoms with E-state index in [1.807, 2.05) is 6.07 Å². The molecule has 0 bridgehead atoms. The third-order valence-corrected chi connectivity index (χ3v) is 8.54. The second-order valence-electron chi connectivity index (χ2n) is 11.6. The molecule has 2 aliphatic rings. The number of nitrogens with zero attached hydrogens (tertiary/aromatic N) is 5. The number of aryl methyl sites for hydroxylation is 2. The third kappa shape index (κ3) is 7.73. The summed E-state index contributed by atoms with van der Waals surface area (Å²) < 4.78 is 15.5. The van der Waals surface area contributed by atoms with Crippen LogP contribution in [0, 0.1) is 12.7 Å². The molecule has 3 aromatic carbocycles. The lowest BCUT2D eigenvalue weighted by molar-refractivity contribution is -0.119. The molecule has 3 heterocycles. The molecule has 41 heavy (non-hydrogen) atoms. The maximum absolute atomic E-state index is 13.0. The molecule has 2 fully saturated rings. The molecule has 0 unspecified atom stereocenters. The van der Waals surface area contributed by atoms with E-state index in [2.05, 4.69) is 75.7 Å². The molecule has 0 N–H and O–H groups in total. The monoisotopic (exact) mass is 557 g/mol. The average Bonchev–Trinajstić information content (AvgIpc) is 3.30. The van der Waals surface area contributed by atoms with Crippen LogP contribution in [0.1, 0.15) is 17.5 Å². The van der Waals surface area contributed by atoms with Gasteiger partial charge in [0.1, 0.15) is 5.82 Å². The fourth-order valence-electron chi connectivity index (χ4n) is 6.00. The van der Waals surface area contributed by atoms with Crippen LogP contribution in [0.3, 0.4) is 0 Å². The number of halogens is 1. The number of para-hydroxylation sites is 1. The number of carbonyl (C=O) groups is 1. The fourth-order valence-corrected chi connectivity index (χ4v) is 6.00. The minimum absolute atomic E-state index is 0.173. The largest absolute Gasteiger partial charge is 0.343 e. The summed E-state index contributed by atoms with van der Waals surface area (Å²) in [5.74, 6) is -0.173. The highest BCUT2D eigenvalue weighted by atomic mass is 19.1. The first kappa shape index (κ1) is 29.2. The van der Waals surface area contributed by atoms with Crippen molar-refractivity contribution < 1.29 is 9.18 Å². The Kier molecular flexibility index (Phi) is 10.0. The molecule has 0 spiro atoms. The van der Waals surface area contributed by atoms with Gasteiger partial charge in [0.25, 0.3) is 0 Å². The Morgan fingerprint density at radius 1 is 0.732 bits per heavy atom. The van der Waals surface area contributed by atoms with Crippen molar-refractivity contribution >= 4 is 28.2 Å². The van der Waals surface area contributed by atoms with Crippen LogP contribution in [-0.4, -0.2) is 103 Å². The van der Waals surface area contributed by atoms with Crippen molar-refractivity contribution in [2.45, 2.75) is 26.3 Å². The highest BCUT2D eigenvalue weighted by molar-refractivity contribution is 6.08. The molecule has 4 aromatic rings. The first-order valence-corrected chi connectivity index (χ1v) is 15.0. The summed E-state index contributed by atoms with van der Waals surface area (Å²) in [5, 5.41) is 2.77. The van der Waals surface area contributed by atoms with Gasteiger partial charge < -0.3 is 19.3 Å². The van der Waals surface area contributed by atoms with Crippen LogP contribution in [0.25, 0.3) is 21.8 Å². The summed E-state index contributed by atoms with van der Waals surface area (Å²) >= 11 is 0. The van der Waals surface area contributed by atoms with E-state index >= 15 is 0 Å². The third-order valence-electron chi connectivity index (χ3n) is 8.54. The van der Waals surface area contributed by atoms with Crippen molar-refractivity contribution in [1.82, 2.24) is 24.2 Å². The van der Waals surface area contributed by atoms with Crippen LogP contribution in [0.2, 0.25) is 0 Å². The van der Waals surface area contributed by atoms with Gasteiger partial charge in [-0.15, -0.1) is 0 Å². The van der Waals surface area contributed by atoms with Crippen LogP contribution >= 0.6 is 0 Å². The Labute approximate surface area is 243 Å². The lowest BCUT2D eigenvalue weighted by atomic mass is 10.1. The van der Waals surface area contributed by atoms with E-state index in [0.717, 1.165) is 57.7 Å². The van der Waals surface area contributed by atoms with Crippen LogP contribution in [-0.2, 0) is 17.8 Å². The summed E-state index contributed by atoms with van der Waals surface area (Å²) in [6.45, 7) is 13.7. The van der Waals surface area contributed by atoms with E-state index in [-0.39, 0.29) is 5.82 Å². The van der Waals surface area contributed by atoms with Crippen molar-refractivity contribution in [2.24, 2.45) is 0 Å². The van der Waals surface area contributed by atoms with Gasteiger partial charge in [-0.2, -0.15) is 0 Å². The van der Waals surface area contributed by atoms with Gasteiger partial charge in [0.05, 0.1) is 0 Å². The Morgan fingerprint density at radius 3 is 2.20 bits per heavy atom. The number of likely N-dealkylation sites (N-methyl/N-ethyl adjacent to an activating group) is 1. The number of aromatic nitrogens is 1. The number of fused-ring (bicyclic) bond motifs is 3. The van der Waals surface area contributed by atoms with Gasteiger partial charge in [-0.3, -0.25) is 9.69 Å². The number of carbonyl (C=O) groups excluding carboxylic acids is 1. The van der Waals surface area contributed by atoms with E-state index in [0.29, 0.717) is 0 Å². The lowest BCUT2D eigenvalue weighted by Gasteiger charge is -2.32. The second-order valence-corrected chi connectivity index (χ2v) is 11.6. The van der Waals surface area contributed by atoms with E-state index in [1.54, 1.807) is 17.0 Å². The quantitative estimate of drug-likeness (QED) is 0.289. The zero-order chi connectivity index (χ0) is 28.6. The van der Waals surface area contributed by atoms with E-state index in [1.165, 1.54) is 72.6 Å². The highest BCUT2D eigenvalue weighted by Gasteiger charge is 2.16. The first-order chi connectivity index (χ1) is 20.0. The maximum atomic E-state index is 13.0. The summed E-state index contributed by atoms with van der Waals surface area (Å²) in [6, 6.07) is 22.4. The van der Waals surface area contributed by atoms with Crippen LogP contribution in [0.15, 0.2) is 66.7 Å². The molecule has 0 saturated carbocycles. The van der Waals surface area contributed by atoms with Crippen molar-refractivity contribution in [2.75, 3.05) is 72.5 Å². The molecule has 1 amide bonds. The number of rotatable bonds is 8. The average molecular weight is 558 g/mol. The molecule has 0 atom stereocenters. The van der Waals surface area contributed by atoms with Gasteiger partial charge in [0, 0.05) is 87.3 Å². The van der Waals surface area contributed by atoms with Crippen LogP contribution in [0.5, 0.6) is 0 Å². The number of amides is 1. The topological polar surface area (TPSA) is 35.0 Å². The zero-order valence-electron chi connectivity index (χ0n) is 24.6. The van der Waals surface area contributed by atoms with Gasteiger partial charge in [-0.1, -0.05) is 42.5 Å². The van der Waals surface area contributed by atoms with Gasteiger partial charge >= 0.3 is 0 Å². The van der Waals surface area contributed by atoms with Crippen molar-refractivity contribution in [3.63, 3.8) is 0 Å². The predicted octanol–water partition coefficient (Wildman–Crippen LogP) is 4.88. The number of hydrogen-bond acceptors (Lipinski definition) is 4. The summed E-state index contributed by atoms with van der Waals surface area (Å²) in [7, 11) is 2.22. The van der Waals surface area contributed by atoms with Gasteiger partial charge in [-0.05, 0) is 68.8 Å². The van der Waals surface area contributed by atoms with Gasteiger partial charge in [0.2, 0.25) is 6.41 Å². The fraction of sp³-hybridized carbons (Fsp3) is 0.441. The zero-order valence-corrected chi connectivity index (χ0v) is 24.6. The Bertz CT molecular complexity index is 1420. The number of benzene rings is 3. The molecule has 0 aliphatic carbocycles. The van der Waals surface area contributed by atoms with Gasteiger partial charge in [-0.25, -0.2) is 4.39 Å². The number of piperazine rings is 2. The summed E-state index contributed by atoms with van der Waals surface area (Å²) in [5.41, 5.74) is 5.12. The smallest absolute Gasteiger partial charge is 0.209 e. The summed E-state index contributed by atoms with van der Waals surface area (Å²) in [4.78, 5) is 19.7. The molecule has 1 aromatic heterocycles. The Balaban J connectivity index is 0.000000175. The van der Waals surface area contributed by atoms with E-state index < -0.39 is 0 Å². The number of hydrogen-bond donors (Lipinski definition) is 0. The highest BCUT2D eigenvalue weighted by Crippen LogP contribution is 2.29. The molecule has 218 valence electrons. The standard InChI is InChI=1S/C21H27N3.C13H17FN2O/c1-17-8-9-19-18-6-3-4-7-20(18)24(21(19)16-17)11-5-10-23-14-12-22(2)13-15-23;14-13-3-1-2-12(10-13)4-5-15-6-8-16(11-17)9-7-15/h3-4,6-9,16H,5,10-15H2,1-2H3;1-3,10-11H,4-9H2. The lowest BCUT2D eigenvalue weighted by Crippen LogP contribution is -2.46. The van der Waals surface area contributed by atoms with Crippen LogP contribution < -0.4 is 0 Å². The first-order valence-electron chi connectivity index (χ1n) is 15.0. The Hall–Kier alpha value is -3.26. The SMILES string of the molecule is Cc1ccc2c3ccccc3n(CCCN3CCN(C)CC3)c2c1.O=CN1CCN(CCc2cccc(F)c2)CC1. The summed E-state index contributed by atoms with van der Waals surface area (Å²) in [6.07, 6.45) is 2.98. The normalized spacial score (nSPS) is 17.1. The second kappa shape index (κ2) is 14.1. The van der Waals surface area contributed by atoms with E-state index in [9.17, 15) is 9.18 Å². The van der Waals surface area contributed by atoms with Crippen molar-refractivity contribution in [3.8, 4) is 0 Å². The van der Waals surface area contributed by atoms with Crippen molar-refractivity contribution in [3.05, 3.63) is 83.7 Å². The van der Waals surface area contributed by atoms with E-state index in [4.69, 9.17) is 0 Å². The predicted molar refractivity (Wildman–Crippen MR) is 167 cm³/mol. The molecule has 7 heteroatoms. The minimum atomic E-state index is -0.173. The molecule has 6 nitrogen and oxygen atoms in total. The van der Waals surface area contributed by atoms with Crippen molar-refractivity contribution in [1.29, 1.82) is 0 Å². The molecular weight excluding hydrogens is 513 g/mol. The molecule has 0 radical (unpaired) electrons. The Morgan fingerprint density at radius 2 is 1.44 bits per heavy atom. The molecular formula is C34H44FN5O. The maximum Gasteiger partial charge on any atom is 0.209 e.